The molecule has 0 radical (unpaired) electrons. The highest BCUT2D eigenvalue weighted by Crippen LogP contribution is 2.30. The van der Waals surface area contributed by atoms with Crippen LogP contribution < -0.4 is 4.74 Å². The van der Waals surface area contributed by atoms with E-state index in [0.29, 0.717) is 18.0 Å². The molecule has 6 heteroatoms. The third-order valence-electron chi connectivity index (χ3n) is 3.02. The molecule has 2 aromatic rings. The molecule has 0 fully saturated rings. The van der Waals surface area contributed by atoms with Crippen molar-refractivity contribution in [3.05, 3.63) is 47.3 Å². The predicted molar refractivity (Wildman–Crippen MR) is 69.5 cm³/mol. The zero-order chi connectivity index (χ0) is 14.7. The van der Waals surface area contributed by atoms with Crippen LogP contribution in [0.2, 0.25) is 0 Å². The molecule has 4 nitrogen and oxygen atoms in total. The van der Waals surface area contributed by atoms with Crippen molar-refractivity contribution in [1.29, 1.82) is 0 Å². The number of aliphatic hydroxyl groups is 1. The average molecular weight is 282 g/mol. The summed E-state index contributed by atoms with van der Waals surface area (Å²) in [6.45, 7) is 2.57. The van der Waals surface area contributed by atoms with Crippen molar-refractivity contribution in [2.75, 3.05) is 7.11 Å². The summed E-state index contributed by atoms with van der Waals surface area (Å²) in [6.07, 6.45) is 1.19. The van der Waals surface area contributed by atoms with E-state index in [1.165, 1.54) is 19.4 Å². The van der Waals surface area contributed by atoms with E-state index in [1.54, 1.807) is 4.68 Å². The number of hydrogen-bond acceptors (Lipinski definition) is 3. The van der Waals surface area contributed by atoms with E-state index in [9.17, 15) is 13.9 Å². The number of hydrogen-bond donors (Lipinski definition) is 1. The Morgan fingerprint density at radius 2 is 2.10 bits per heavy atom. The normalized spacial score (nSPS) is 12.4. The first-order chi connectivity index (χ1) is 9.58. The maximum atomic E-state index is 13.3. The minimum absolute atomic E-state index is 0.250. The molecule has 0 amide bonds. The quantitative estimate of drug-likeness (QED) is 0.917. The molecule has 0 aliphatic heterocycles. The maximum Gasteiger partial charge on any atom is 0.163 e. The molecule has 1 aromatic carbocycles. The lowest BCUT2D eigenvalue weighted by Gasteiger charge is -2.15. The summed E-state index contributed by atoms with van der Waals surface area (Å²) in [6, 6.07) is 3.30. The highest BCUT2D eigenvalue weighted by Gasteiger charge is 2.22. The van der Waals surface area contributed by atoms with Gasteiger partial charge in [0.05, 0.1) is 13.3 Å². The Labute approximate surface area is 115 Å². The van der Waals surface area contributed by atoms with Crippen LogP contribution in [-0.4, -0.2) is 22.0 Å². The van der Waals surface area contributed by atoms with Gasteiger partial charge in [0.15, 0.2) is 17.4 Å². The van der Waals surface area contributed by atoms with Crippen molar-refractivity contribution in [3.63, 3.8) is 0 Å². The van der Waals surface area contributed by atoms with Crippen LogP contribution in [0.3, 0.4) is 0 Å². The first-order valence-electron chi connectivity index (χ1n) is 6.31. The molecular weight excluding hydrogens is 266 g/mol. The molecule has 0 bridgehead atoms. The van der Waals surface area contributed by atoms with Crippen LogP contribution in [-0.2, 0) is 6.54 Å². The predicted octanol–water partition coefficient (Wildman–Crippen LogP) is 2.66. The Hall–Kier alpha value is -1.95. The van der Waals surface area contributed by atoms with Gasteiger partial charge in [-0.3, -0.25) is 4.68 Å². The highest BCUT2D eigenvalue weighted by atomic mass is 19.2. The number of nitrogens with zero attached hydrogens (tertiary/aromatic N) is 2. The zero-order valence-corrected chi connectivity index (χ0v) is 11.3. The van der Waals surface area contributed by atoms with E-state index < -0.39 is 17.7 Å². The van der Waals surface area contributed by atoms with Gasteiger partial charge in [-0.05, 0) is 24.1 Å². The van der Waals surface area contributed by atoms with Gasteiger partial charge in [-0.2, -0.15) is 5.10 Å². The summed E-state index contributed by atoms with van der Waals surface area (Å²) in [5, 5.41) is 14.5. The van der Waals surface area contributed by atoms with E-state index >= 15 is 0 Å². The molecule has 0 saturated carbocycles. The second-order valence-corrected chi connectivity index (χ2v) is 4.40. The van der Waals surface area contributed by atoms with Crippen LogP contribution in [0.1, 0.15) is 30.7 Å². The lowest BCUT2D eigenvalue weighted by atomic mass is 10.1. The summed E-state index contributed by atoms with van der Waals surface area (Å²) in [5.74, 6) is -1.53. The molecule has 0 aliphatic rings. The van der Waals surface area contributed by atoms with E-state index in [0.717, 1.165) is 18.6 Å². The van der Waals surface area contributed by atoms with Gasteiger partial charge < -0.3 is 9.84 Å². The fourth-order valence-corrected chi connectivity index (χ4v) is 2.04. The molecular formula is C14H16F2N2O2. The molecule has 20 heavy (non-hydrogen) atoms. The van der Waals surface area contributed by atoms with Gasteiger partial charge in [0.2, 0.25) is 0 Å². The monoisotopic (exact) mass is 282 g/mol. The van der Waals surface area contributed by atoms with Gasteiger partial charge in [-0.1, -0.05) is 13.0 Å². The third kappa shape index (κ3) is 2.65. The summed E-state index contributed by atoms with van der Waals surface area (Å²) in [7, 11) is 1.47. The standard InChI is InChI=1S/C14H16F2N2O2/c1-3-6-18-13(12(20-2)8-17-18)14(19)9-4-5-10(15)11(16)7-9/h4-5,7-8,14,19H,3,6H2,1-2H3. The fraction of sp³-hybridized carbons (Fsp3) is 0.357. The van der Waals surface area contributed by atoms with Crippen molar-refractivity contribution in [2.45, 2.75) is 26.0 Å². The first-order valence-corrected chi connectivity index (χ1v) is 6.31. The lowest BCUT2D eigenvalue weighted by molar-refractivity contribution is 0.201. The van der Waals surface area contributed by atoms with E-state index in [-0.39, 0.29) is 5.56 Å². The summed E-state index contributed by atoms with van der Waals surface area (Å²) in [4.78, 5) is 0. The van der Waals surface area contributed by atoms with E-state index in [1.807, 2.05) is 6.92 Å². The minimum atomic E-state index is -1.13. The number of aliphatic hydroxyl groups excluding tert-OH is 1. The van der Waals surface area contributed by atoms with Crippen LogP contribution >= 0.6 is 0 Å². The zero-order valence-electron chi connectivity index (χ0n) is 11.3. The molecule has 1 N–H and O–H groups in total. The topological polar surface area (TPSA) is 47.3 Å². The summed E-state index contributed by atoms with van der Waals surface area (Å²) < 4.78 is 33.0. The van der Waals surface area contributed by atoms with Gasteiger partial charge in [0, 0.05) is 6.54 Å². The Bertz CT molecular complexity index is 599. The fourth-order valence-electron chi connectivity index (χ4n) is 2.04. The molecule has 1 unspecified atom stereocenters. The van der Waals surface area contributed by atoms with Crippen molar-refractivity contribution in [2.24, 2.45) is 0 Å². The van der Waals surface area contributed by atoms with E-state index in [4.69, 9.17) is 4.74 Å². The first kappa shape index (κ1) is 14.5. The van der Waals surface area contributed by atoms with Gasteiger partial charge >= 0.3 is 0 Å². The molecule has 2 rings (SSSR count). The minimum Gasteiger partial charge on any atom is -0.493 e. The lowest BCUT2D eigenvalue weighted by Crippen LogP contribution is -2.11. The van der Waals surface area contributed by atoms with Crippen molar-refractivity contribution < 1.29 is 18.6 Å². The van der Waals surface area contributed by atoms with Gasteiger partial charge in [-0.15, -0.1) is 0 Å². The molecule has 1 aromatic heterocycles. The SMILES string of the molecule is CCCn1ncc(OC)c1C(O)c1ccc(F)c(F)c1. The summed E-state index contributed by atoms with van der Waals surface area (Å²) in [5.41, 5.74) is 0.681. The second-order valence-electron chi connectivity index (χ2n) is 4.40. The Morgan fingerprint density at radius 1 is 1.35 bits per heavy atom. The molecule has 1 atom stereocenters. The Morgan fingerprint density at radius 3 is 2.70 bits per heavy atom. The van der Waals surface area contributed by atoms with Gasteiger partial charge in [0.1, 0.15) is 11.8 Å². The number of ether oxygens (including phenoxy) is 1. The number of aromatic nitrogens is 2. The molecule has 0 saturated heterocycles. The van der Waals surface area contributed by atoms with Crippen molar-refractivity contribution in [3.8, 4) is 5.75 Å². The van der Waals surface area contributed by atoms with Crippen molar-refractivity contribution in [1.82, 2.24) is 9.78 Å². The van der Waals surface area contributed by atoms with Crippen LogP contribution in [0.15, 0.2) is 24.4 Å². The number of aryl methyl sites for hydroxylation is 1. The maximum absolute atomic E-state index is 13.3. The number of halogens is 2. The molecule has 0 spiro atoms. The van der Waals surface area contributed by atoms with Crippen LogP contribution in [0.25, 0.3) is 0 Å². The van der Waals surface area contributed by atoms with Crippen LogP contribution in [0.5, 0.6) is 5.75 Å². The van der Waals surface area contributed by atoms with Gasteiger partial charge in [0.25, 0.3) is 0 Å². The number of benzene rings is 1. The molecule has 1 heterocycles. The third-order valence-corrected chi connectivity index (χ3v) is 3.02. The molecule has 0 aliphatic carbocycles. The Kier molecular flexibility index (Phi) is 4.34. The average Bonchev–Trinajstić information content (AvgIpc) is 2.84. The summed E-state index contributed by atoms with van der Waals surface area (Å²) >= 11 is 0. The Balaban J connectivity index is 2.43. The van der Waals surface area contributed by atoms with Crippen LogP contribution in [0, 0.1) is 11.6 Å². The highest BCUT2D eigenvalue weighted by molar-refractivity contribution is 5.35. The van der Waals surface area contributed by atoms with Gasteiger partial charge in [-0.25, -0.2) is 8.78 Å². The second kappa shape index (κ2) is 6.00. The largest absolute Gasteiger partial charge is 0.493 e. The van der Waals surface area contributed by atoms with Crippen molar-refractivity contribution >= 4 is 0 Å². The number of methoxy groups -OCH3 is 1. The van der Waals surface area contributed by atoms with E-state index in [2.05, 4.69) is 5.10 Å². The number of rotatable bonds is 5. The molecule has 108 valence electrons. The smallest absolute Gasteiger partial charge is 0.163 e. The van der Waals surface area contributed by atoms with Crippen LogP contribution in [0.4, 0.5) is 8.78 Å².